The molecule has 2 aromatic rings. The van der Waals surface area contributed by atoms with E-state index in [1.165, 1.54) is 19.2 Å². The fourth-order valence-corrected chi connectivity index (χ4v) is 2.47. The predicted octanol–water partition coefficient (Wildman–Crippen LogP) is 0.413. The van der Waals surface area contributed by atoms with Crippen molar-refractivity contribution in [1.82, 2.24) is 14.1 Å². The van der Waals surface area contributed by atoms with Gasteiger partial charge in [0, 0.05) is 20.5 Å². The first-order valence-corrected chi connectivity index (χ1v) is 8.06. The molecule has 0 aliphatic rings. The summed E-state index contributed by atoms with van der Waals surface area (Å²) in [4.78, 5) is 51.0. The summed E-state index contributed by atoms with van der Waals surface area (Å²) in [7, 11) is 1.24. The zero-order valence-corrected chi connectivity index (χ0v) is 15.1. The van der Waals surface area contributed by atoms with E-state index in [1.807, 2.05) is 6.92 Å². The van der Waals surface area contributed by atoms with Gasteiger partial charge >= 0.3 is 11.5 Å². The number of rotatable bonds is 7. The standard InChI is InChI=1S/C16H19N5O6/c1-4-7-20-13(17)12(15(23)19(3)16(20)24)10(22)8-27-11-6-5-9(2)18-14(11)21(25)26/h5-6H,4,7-8,17H2,1-3H3. The third-order valence-electron chi connectivity index (χ3n) is 3.82. The summed E-state index contributed by atoms with van der Waals surface area (Å²) in [5.41, 5.74) is 4.39. The number of carbonyl (C=O) groups is 1. The van der Waals surface area contributed by atoms with Gasteiger partial charge in [-0.1, -0.05) is 6.92 Å². The van der Waals surface area contributed by atoms with E-state index in [0.717, 1.165) is 9.13 Å². The van der Waals surface area contributed by atoms with Gasteiger partial charge in [-0.2, -0.15) is 0 Å². The largest absolute Gasteiger partial charge is 0.477 e. The van der Waals surface area contributed by atoms with Crippen LogP contribution in [0.5, 0.6) is 5.75 Å². The molecule has 0 radical (unpaired) electrons. The third kappa shape index (κ3) is 3.86. The van der Waals surface area contributed by atoms with Crippen molar-refractivity contribution in [2.75, 3.05) is 12.3 Å². The molecule has 2 rings (SSSR count). The van der Waals surface area contributed by atoms with E-state index in [-0.39, 0.29) is 18.1 Å². The molecule has 2 heterocycles. The molecule has 144 valence electrons. The molecule has 2 N–H and O–H groups in total. The van der Waals surface area contributed by atoms with Gasteiger partial charge in [0.1, 0.15) is 17.1 Å². The Morgan fingerprint density at radius 1 is 1.37 bits per heavy atom. The molecule has 0 saturated heterocycles. The Morgan fingerprint density at radius 2 is 2.04 bits per heavy atom. The third-order valence-corrected chi connectivity index (χ3v) is 3.82. The smallest absolute Gasteiger partial charge is 0.406 e. The lowest BCUT2D eigenvalue weighted by atomic mass is 10.2. The van der Waals surface area contributed by atoms with Crippen LogP contribution in [0.15, 0.2) is 21.7 Å². The molecule has 0 unspecified atom stereocenters. The maximum Gasteiger partial charge on any atom is 0.406 e. The molecule has 11 nitrogen and oxygen atoms in total. The number of ether oxygens (including phenoxy) is 1. The van der Waals surface area contributed by atoms with Gasteiger partial charge in [0.2, 0.25) is 11.5 Å². The summed E-state index contributed by atoms with van der Waals surface area (Å²) in [6.45, 7) is 2.94. The zero-order valence-electron chi connectivity index (χ0n) is 15.1. The molecule has 0 aromatic carbocycles. The maximum atomic E-state index is 12.5. The van der Waals surface area contributed by atoms with Gasteiger partial charge in [0.15, 0.2) is 6.61 Å². The van der Waals surface area contributed by atoms with Gasteiger partial charge in [0.25, 0.3) is 5.56 Å². The Bertz CT molecular complexity index is 1020. The lowest BCUT2D eigenvalue weighted by Crippen LogP contribution is -2.43. The molecular weight excluding hydrogens is 358 g/mol. The number of nitrogen functional groups attached to an aromatic ring is 1. The van der Waals surface area contributed by atoms with Gasteiger partial charge in [-0.3, -0.25) is 18.7 Å². The van der Waals surface area contributed by atoms with Crippen molar-refractivity contribution in [2.45, 2.75) is 26.8 Å². The van der Waals surface area contributed by atoms with Crippen LogP contribution in [0.25, 0.3) is 0 Å². The second kappa shape index (κ2) is 7.81. The summed E-state index contributed by atoms with van der Waals surface area (Å²) in [5, 5.41) is 11.1. The number of carbonyl (C=O) groups excluding carboxylic acids is 1. The number of hydrogen-bond donors (Lipinski definition) is 1. The highest BCUT2D eigenvalue weighted by molar-refractivity contribution is 6.00. The summed E-state index contributed by atoms with van der Waals surface area (Å²) in [6, 6.07) is 2.80. The van der Waals surface area contributed by atoms with Gasteiger partial charge < -0.3 is 20.6 Å². The van der Waals surface area contributed by atoms with Crippen LogP contribution >= 0.6 is 0 Å². The van der Waals surface area contributed by atoms with Crippen molar-refractivity contribution in [3.63, 3.8) is 0 Å². The first kappa shape index (κ1) is 19.8. The first-order chi connectivity index (χ1) is 12.7. The quantitative estimate of drug-likeness (QED) is 0.414. The molecule has 0 bridgehead atoms. The minimum Gasteiger partial charge on any atom is -0.477 e. The highest BCUT2D eigenvalue weighted by Gasteiger charge is 2.24. The van der Waals surface area contributed by atoms with Crippen molar-refractivity contribution in [3.05, 3.63) is 54.3 Å². The van der Waals surface area contributed by atoms with Crippen LogP contribution < -0.4 is 21.7 Å². The van der Waals surface area contributed by atoms with Gasteiger partial charge in [-0.05, 0) is 28.5 Å². The molecule has 0 fully saturated rings. The molecular formula is C16H19N5O6. The highest BCUT2D eigenvalue weighted by Crippen LogP contribution is 2.24. The van der Waals surface area contributed by atoms with E-state index in [4.69, 9.17) is 10.5 Å². The summed E-state index contributed by atoms with van der Waals surface area (Å²) in [6.07, 6.45) is 0.563. The molecule has 0 aliphatic carbocycles. The SMILES string of the molecule is CCCn1c(N)c(C(=O)COc2ccc(C)nc2[N+](=O)[O-])c(=O)n(C)c1=O. The maximum absolute atomic E-state index is 12.5. The Kier molecular flexibility index (Phi) is 5.73. The average molecular weight is 377 g/mol. The molecule has 0 spiro atoms. The fourth-order valence-electron chi connectivity index (χ4n) is 2.47. The number of ketones is 1. The lowest BCUT2D eigenvalue weighted by Gasteiger charge is -2.14. The minimum atomic E-state index is -0.852. The molecule has 11 heteroatoms. The van der Waals surface area contributed by atoms with E-state index < -0.39 is 39.9 Å². The van der Waals surface area contributed by atoms with Crippen LogP contribution in [0.3, 0.4) is 0 Å². The van der Waals surface area contributed by atoms with E-state index in [9.17, 15) is 24.5 Å². The fraction of sp³-hybridized carbons (Fsp3) is 0.375. The number of nitrogens with zero attached hydrogens (tertiary/aromatic N) is 4. The molecule has 0 atom stereocenters. The number of pyridine rings is 1. The minimum absolute atomic E-state index is 0.212. The van der Waals surface area contributed by atoms with E-state index in [1.54, 1.807) is 6.92 Å². The summed E-state index contributed by atoms with van der Waals surface area (Å²) < 4.78 is 7.12. The lowest BCUT2D eigenvalue weighted by molar-refractivity contribution is -0.390. The number of nitro groups is 1. The number of aryl methyl sites for hydroxylation is 1. The van der Waals surface area contributed by atoms with E-state index in [0.29, 0.717) is 12.1 Å². The van der Waals surface area contributed by atoms with Gasteiger partial charge in [0.05, 0.1) is 0 Å². The Morgan fingerprint density at radius 3 is 2.63 bits per heavy atom. The zero-order chi connectivity index (χ0) is 20.3. The van der Waals surface area contributed by atoms with Crippen molar-refractivity contribution in [2.24, 2.45) is 7.05 Å². The molecule has 0 aliphatic heterocycles. The van der Waals surface area contributed by atoms with Crippen LogP contribution in [-0.4, -0.2) is 31.4 Å². The first-order valence-electron chi connectivity index (χ1n) is 8.06. The Labute approximate surface area is 153 Å². The van der Waals surface area contributed by atoms with Crippen LogP contribution in [0.4, 0.5) is 11.6 Å². The van der Waals surface area contributed by atoms with Crippen LogP contribution in [0.1, 0.15) is 29.4 Å². The number of aromatic nitrogens is 3. The number of anilines is 1. The number of Topliss-reactive ketones (excluding diaryl/α,β-unsaturated/α-hetero) is 1. The average Bonchev–Trinajstić information content (AvgIpc) is 2.62. The van der Waals surface area contributed by atoms with Crippen molar-refractivity contribution in [1.29, 1.82) is 0 Å². The molecule has 27 heavy (non-hydrogen) atoms. The number of nitrogens with two attached hydrogens (primary N) is 1. The van der Waals surface area contributed by atoms with Crippen LogP contribution in [0, 0.1) is 17.0 Å². The second-order valence-corrected chi connectivity index (χ2v) is 5.80. The van der Waals surface area contributed by atoms with Crippen LogP contribution in [-0.2, 0) is 13.6 Å². The number of hydrogen-bond acceptors (Lipinski definition) is 8. The van der Waals surface area contributed by atoms with Crippen molar-refractivity contribution in [3.8, 4) is 5.75 Å². The second-order valence-electron chi connectivity index (χ2n) is 5.80. The topological polar surface area (TPSA) is 152 Å². The van der Waals surface area contributed by atoms with Gasteiger partial charge in [-0.15, -0.1) is 0 Å². The predicted molar refractivity (Wildman–Crippen MR) is 96.1 cm³/mol. The molecule has 2 aromatic heterocycles. The summed E-state index contributed by atoms with van der Waals surface area (Å²) in [5.74, 6) is -1.81. The Balaban J connectivity index is 2.39. The van der Waals surface area contributed by atoms with E-state index >= 15 is 0 Å². The molecule has 0 amide bonds. The van der Waals surface area contributed by atoms with Gasteiger partial charge in [-0.25, -0.2) is 4.79 Å². The van der Waals surface area contributed by atoms with E-state index in [2.05, 4.69) is 4.98 Å². The highest BCUT2D eigenvalue weighted by atomic mass is 16.6. The van der Waals surface area contributed by atoms with Crippen LogP contribution in [0.2, 0.25) is 0 Å². The summed E-state index contributed by atoms with van der Waals surface area (Å²) >= 11 is 0. The Hall–Kier alpha value is -3.50. The van der Waals surface area contributed by atoms with Crippen molar-refractivity contribution >= 4 is 17.4 Å². The van der Waals surface area contributed by atoms with Crippen molar-refractivity contribution < 1.29 is 14.5 Å². The normalized spacial score (nSPS) is 10.6. The monoisotopic (exact) mass is 377 g/mol. The molecule has 0 saturated carbocycles.